The van der Waals surface area contributed by atoms with Crippen LogP contribution >= 0.6 is 69.6 Å². The normalized spacial score (nSPS) is 21.3. The molecule has 0 aromatic heterocycles. The van der Waals surface area contributed by atoms with Crippen molar-refractivity contribution in [1.82, 2.24) is 0 Å². The molecule has 0 aliphatic rings. The fourth-order valence-corrected chi connectivity index (χ4v) is 0.809. The van der Waals surface area contributed by atoms with Crippen molar-refractivity contribution >= 4 is 69.6 Å². The minimum atomic E-state index is -5.72. The molecule has 0 saturated carbocycles. The first-order chi connectivity index (χ1) is 7.46. The highest BCUT2D eigenvalue weighted by Crippen LogP contribution is 2.55. The number of ether oxygens (including phenoxy) is 1. The van der Waals surface area contributed by atoms with Gasteiger partial charge in [-0.1, -0.05) is 46.4 Å². The molecule has 0 saturated heterocycles. The maximum absolute atomic E-state index is 13.2. The van der Waals surface area contributed by atoms with Crippen LogP contribution in [-0.2, 0) is 4.74 Å². The Morgan fingerprint density at radius 1 is 0.667 bits per heavy atom. The van der Waals surface area contributed by atoms with E-state index in [1.165, 1.54) is 0 Å². The molecular weight excluding hydrogens is 403 g/mol. The minimum absolute atomic E-state index is 2.88. The number of halogens is 12. The van der Waals surface area contributed by atoms with Crippen LogP contribution in [0.3, 0.4) is 0 Å². The molecule has 13 heteroatoms. The molecule has 0 aromatic rings. The maximum atomic E-state index is 13.2. The summed E-state index contributed by atoms with van der Waals surface area (Å²) in [6, 6.07) is 0. The van der Waals surface area contributed by atoms with Gasteiger partial charge in [0.2, 0.25) is 0 Å². The number of alkyl halides is 12. The van der Waals surface area contributed by atoms with E-state index in [-0.39, 0.29) is 0 Å². The summed E-state index contributed by atoms with van der Waals surface area (Å²) in [5.41, 5.74) is 0. The lowest BCUT2D eigenvalue weighted by atomic mass is 10.3. The molecule has 0 aromatic carbocycles. The number of rotatable bonds is 4. The minimum Gasteiger partial charge on any atom is -0.262 e. The van der Waals surface area contributed by atoms with Crippen molar-refractivity contribution in [3.05, 3.63) is 0 Å². The van der Waals surface area contributed by atoms with Gasteiger partial charge in [0.05, 0.1) is 0 Å². The highest BCUT2D eigenvalue weighted by Gasteiger charge is 2.73. The Morgan fingerprint density at radius 2 is 1.00 bits per heavy atom. The van der Waals surface area contributed by atoms with Crippen molar-refractivity contribution in [2.75, 3.05) is 0 Å². The zero-order chi connectivity index (χ0) is 15.2. The highest BCUT2D eigenvalue weighted by molar-refractivity contribution is 6.70. The fourth-order valence-electron chi connectivity index (χ4n) is 0.448. The van der Waals surface area contributed by atoms with Crippen molar-refractivity contribution in [2.45, 2.75) is 25.7 Å². The van der Waals surface area contributed by atoms with Crippen molar-refractivity contribution in [1.29, 1.82) is 0 Å². The quantitative estimate of drug-likeness (QED) is 0.441. The summed E-state index contributed by atoms with van der Waals surface area (Å²) in [5.74, 6) is 0. The zero-order valence-electron chi connectivity index (χ0n) is 7.44. The van der Waals surface area contributed by atoms with Crippen molar-refractivity contribution in [3.63, 3.8) is 0 Å². The summed E-state index contributed by atoms with van der Waals surface area (Å²) in [5, 5.41) is -15.0. The summed E-state index contributed by atoms with van der Waals surface area (Å²) in [4.78, 5) is 0. The zero-order valence-corrected chi connectivity index (χ0v) is 12.0. The Hall–Kier alpha value is 1.28. The fraction of sp³-hybridized carbons (Fsp3) is 1.00. The molecule has 0 aliphatic heterocycles. The Kier molecular flexibility index (Phi) is 5.61. The lowest BCUT2D eigenvalue weighted by Crippen LogP contribution is -2.56. The molecule has 0 spiro atoms. The largest absolute Gasteiger partial charge is 0.415 e. The monoisotopic (exact) mass is 400 g/mol. The van der Waals surface area contributed by atoms with Gasteiger partial charge >= 0.3 is 21.9 Å². The third kappa shape index (κ3) is 3.90. The van der Waals surface area contributed by atoms with Crippen molar-refractivity contribution in [2.24, 2.45) is 0 Å². The summed E-state index contributed by atoms with van der Waals surface area (Å²) < 4.78 is 76.1. The standard InChI is InChI=1S/C5Cl6F6O/c6-1(12,3(10,13)14)5(16,17)18-4(11,15)2(7,8)9. The Balaban J connectivity index is 5.33. The van der Waals surface area contributed by atoms with Crippen molar-refractivity contribution < 1.29 is 31.1 Å². The van der Waals surface area contributed by atoms with Crippen LogP contribution in [0.5, 0.6) is 0 Å². The molecule has 0 fully saturated rings. The predicted molar refractivity (Wildman–Crippen MR) is 56.5 cm³/mol. The second-order valence-electron chi connectivity index (χ2n) is 2.71. The molecule has 18 heavy (non-hydrogen) atoms. The first kappa shape index (κ1) is 19.3. The molecule has 0 heterocycles. The molecule has 1 nitrogen and oxygen atoms in total. The van der Waals surface area contributed by atoms with Crippen LogP contribution in [0.4, 0.5) is 26.3 Å². The first-order valence-electron chi connectivity index (χ1n) is 3.43. The van der Waals surface area contributed by atoms with Gasteiger partial charge in [-0.15, -0.1) is 0 Å². The van der Waals surface area contributed by atoms with Gasteiger partial charge in [0.25, 0.3) is 3.79 Å². The van der Waals surface area contributed by atoms with Crippen LogP contribution in [0.1, 0.15) is 0 Å². The Bertz CT molecular complexity index is 309. The molecule has 0 N–H and O–H groups in total. The van der Waals surface area contributed by atoms with E-state index in [9.17, 15) is 26.3 Å². The van der Waals surface area contributed by atoms with E-state index in [0.717, 1.165) is 0 Å². The van der Waals surface area contributed by atoms with Gasteiger partial charge in [0.1, 0.15) is 0 Å². The molecule has 0 radical (unpaired) electrons. The first-order valence-corrected chi connectivity index (χ1v) is 5.69. The summed E-state index contributed by atoms with van der Waals surface area (Å²) in [6.45, 7) is 0. The smallest absolute Gasteiger partial charge is 0.262 e. The van der Waals surface area contributed by atoms with Gasteiger partial charge < -0.3 is 0 Å². The van der Waals surface area contributed by atoms with E-state index in [1.807, 2.05) is 0 Å². The lowest BCUT2D eigenvalue weighted by Gasteiger charge is -2.35. The summed E-state index contributed by atoms with van der Waals surface area (Å²) in [7, 11) is 0. The van der Waals surface area contributed by atoms with Crippen LogP contribution in [0.2, 0.25) is 0 Å². The average Bonchev–Trinajstić information content (AvgIpc) is 1.96. The van der Waals surface area contributed by atoms with E-state index in [1.54, 1.807) is 0 Å². The molecular formula is C5Cl6F6O. The van der Waals surface area contributed by atoms with Crippen molar-refractivity contribution in [3.8, 4) is 0 Å². The number of hydrogen-bond donors (Lipinski definition) is 0. The van der Waals surface area contributed by atoms with Gasteiger partial charge in [0.15, 0.2) is 0 Å². The molecule has 110 valence electrons. The van der Waals surface area contributed by atoms with Crippen LogP contribution < -0.4 is 0 Å². The van der Waals surface area contributed by atoms with Crippen LogP contribution in [0.15, 0.2) is 0 Å². The lowest BCUT2D eigenvalue weighted by molar-refractivity contribution is -0.356. The van der Waals surface area contributed by atoms with E-state index in [0.29, 0.717) is 0 Å². The molecule has 0 bridgehead atoms. The average molecular weight is 403 g/mol. The van der Waals surface area contributed by atoms with Gasteiger partial charge in [-0.05, 0) is 23.2 Å². The van der Waals surface area contributed by atoms with Crippen LogP contribution in [0.25, 0.3) is 0 Å². The SMILES string of the molecule is FC(F)(Cl)C(F)(Cl)C(F)(F)OC(F)(Cl)C(Cl)(Cl)Cl. The predicted octanol–water partition coefficient (Wildman–Crippen LogP) is 5.56. The van der Waals surface area contributed by atoms with Gasteiger partial charge in [-0.25, -0.2) is 4.39 Å². The molecule has 0 amide bonds. The molecule has 0 aliphatic carbocycles. The molecule has 2 atom stereocenters. The molecule has 2 unspecified atom stereocenters. The topological polar surface area (TPSA) is 9.23 Å². The summed E-state index contributed by atoms with van der Waals surface area (Å²) >= 11 is 27.1. The van der Waals surface area contributed by atoms with Crippen LogP contribution in [0, 0.1) is 0 Å². The maximum Gasteiger partial charge on any atom is 0.415 e. The summed E-state index contributed by atoms with van der Waals surface area (Å²) in [6.07, 6.45) is -5.72. The van der Waals surface area contributed by atoms with E-state index < -0.39 is 25.7 Å². The van der Waals surface area contributed by atoms with E-state index >= 15 is 0 Å². The third-order valence-electron chi connectivity index (χ3n) is 1.31. The van der Waals surface area contributed by atoms with Gasteiger partial charge in [-0.2, -0.15) is 22.0 Å². The molecule has 0 rings (SSSR count). The third-order valence-corrected chi connectivity index (χ3v) is 3.50. The highest BCUT2D eigenvalue weighted by atomic mass is 35.6. The number of hydrogen-bond acceptors (Lipinski definition) is 1. The Labute approximate surface area is 126 Å². The van der Waals surface area contributed by atoms with E-state index in [2.05, 4.69) is 39.5 Å². The van der Waals surface area contributed by atoms with Crippen LogP contribution in [-0.4, -0.2) is 25.7 Å². The Morgan fingerprint density at radius 3 is 1.22 bits per heavy atom. The second kappa shape index (κ2) is 5.24. The second-order valence-corrected chi connectivity index (χ2v) is 6.47. The van der Waals surface area contributed by atoms with Gasteiger partial charge in [0, 0.05) is 0 Å². The van der Waals surface area contributed by atoms with Gasteiger partial charge in [-0.3, -0.25) is 4.74 Å². The van der Waals surface area contributed by atoms with E-state index in [4.69, 9.17) is 34.8 Å².